The van der Waals surface area contributed by atoms with Crippen molar-refractivity contribution in [2.45, 2.75) is 68.6 Å². The lowest BCUT2D eigenvalue weighted by Gasteiger charge is -2.23. The van der Waals surface area contributed by atoms with Gasteiger partial charge in [0.25, 0.3) is 0 Å². The molecule has 6 heteroatoms. The topological polar surface area (TPSA) is 53.5 Å². The summed E-state index contributed by atoms with van der Waals surface area (Å²) in [6.07, 6.45) is 5.51. The molecule has 0 radical (unpaired) electrons. The molecule has 218 valence electrons. The molecule has 3 heterocycles. The van der Waals surface area contributed by atoms with Gasteiger partial charge in [0, 0.05) is 35.3 Å². The summed E-state index contributed by atoms with van der Waals surface area (Å²) in [6, 6.07) is 19.6. The van der Waals surface area contributed by atoms with Gasteiger partial charge in [0.05, 0.1) is 17.1 Å². The smallest absolute Gasteiger partial charge is 0.227 e. The first-order chi connectivity index (χ1) is 20.5. The fraction of sp³-hybridized carbons (Fsp3) is 0.270. The third kappa shape index (κ3) is 5.11. The second kappa shape index (κ2) is 10.8. The summed E-state index contributed by atoms with van der Waals surface area (Å²) in [5, 5.41) is 15.3. The van der Waals surface area contributed by atoms with Crippen LogP contribution in [0, 0.1) is 62.3 Å². The Morgan fingerprint density at radius 3 is 1.26 bits per heavy atom. The molecule has 0 atom stereocenters. The first kappa shape index (κ1) is 28.4. The lowest BCUT2D eigenvalue weighted by Crippen LogP contribution is -2.28. The van der Waals surface area contributed by atoms with Gasteiger partial charge in [0.2, 0.25) is 6.29 Å². The minimum absolute atomic E-state index is 0.454. The molecule has 0 unspecified atom stereocenters. The Morgan fingerprint density at radius 2 is 0.860 bits per heavy atom. The summed E-state index contributed by atoms with van der Waals surface area (Å²) in [5.41, 5.74) is 17.5. The van der Waals surface area contributed by atoms with Crippen LogP contribution in [-0.2, 0) is 0 Å². The van der Waals surface area contributed by atoms with Crippen molar-refractivity contribution in [1.82, 2.24) is 29.3 Å². The van der Waals surface area contributed by atoms with E-state index in [4.69, 9.17) is 15.3 Å². The van der Waals surface area contributed by atoms with Crippen LogP contribution in [0.15, 0.2) is 73.2 Å². The Bertz CT molecular complexity index is 1820. The van der Waals surface area contributed by atoms with E-state index in [0.29, 0.717) is 0 Å². The molecule has 0 aliphatic heterocycles. The quantitative estimate of drug-likeness (QED) is 0.202. The van der Waals surface area contributed by atoms with Crippen LogP contribution in [0.1, 0.15) is 56.4 Å². The van der Waals surface area contributed by atoms with Crippen molar-refractivity contribution in [3.05, 3.63) is 123 Å². The van der Waals surface area contributed by atoms with Crippen LogP contribution >= 0.6 is 0 Å². The molecule has 0 spiro atoms. The van der Waals surface area contributed by atoms with E-state index < -0.39 is 6.29 Å². The first-order valence-electron chi connectivity index (χ1n) is 14.9. The van der Waals surface area contributed by atoms with Crippen LogP contribution in [0.25, 0.3) is 33.8 Å². The molecule has 3 aromatic heterocycles. The molecule has 0 amide bonds. The molecule has 0 aliphatic rings. The number of aryl methyl sites for hydroxylation is 9. The molecular formula is C37H40N6. The molecule has 43 heavy (non-hydrogen) atoms. The SMILES string of the molecule is Cc1cc(C)c(-c2ccn(C(n3ccc(-c4c(C)cc(C)cc4C)n3)n3nccc3-c3c(C)cc(C)cc3C)n2)c(C)c1. The van der Waals surface area contributed by atoms with Crippen molar-refractivity contribution in [2.24, 2.45) is 0 Å². The minimum Gasteiger partial charge on any atom is -0.227 e. The molecule has 0 saturated carbocycles. The average molecular weight is 569 g/mol. The van der Waals surface area contributed by atoms with Crippen molar-refractivity contribution >= 4 is 0 Å². The number of hydrogen-bond acceptors (Lipinski definition) is 3. The fourth-order valence-corrected chi connectivity index (χ4v) is 6.99. The third-order valence-corrected chi connectivity index (χ3v) is 8.38. The fourth-order valence-electron chi connectivity index (χ4n) is 6.99. The maximum atomic E-state index is 5.18. The van der Waals surface area contributed by atoms with Crippen molar-refractivity contribution in [3.63, 3.8) is 0 Å². The van der Waals surface area contributed by atoms with Gasteiger partial charge in [-0.05, 0) is 114 Å². The molecule has 3 aromatic carbocycles. The molecule has 6 aromatic rings. The summed E-state index contributed by atoms with van der Waals surface area (Å²) in [7, 11) is 0. The van der Waals surface area contributed by atoms with Gasteiger partial charge in [0.1, 0.15) is 0 Å². The van der Waals surface area contributed by atoms with E-state index >= 15 is 0 Å². The Hall–Kier alpha value is -4.71. The van der Waals surface area contributed by atoms with E-state index in [-0.39, 0.29) is 0 Å². The van der Waals surface area contributed by atoms with Crippen molar-refractivity contribution in [1.29, 1.82) is 0 Å². The van der Waals surface area contributed by atoms with E-state index in [2.05, 4.69) is 117 Å². The van der Waals surface area contributed by atoms with Gasteiger partial charge in [-0.3, -0.25) is 0 Å². The first-order valence-corrected chi connectivity index (χ1v) is 14.9. The van der Waals surface area contributed by atoms with Crippen LogP contribution in [0.3, 0.4) is 0 Å². The number of hydrogen-bond donors (Lipinski definition) is 0. The molecule has 0 fully saturated rings. The maximum Gasteiger partial charge on any atom is 0.238 e. The molecule has 6 rings (SSSR count). The van der Waals surface area contributed by atoms with Gasteiger partial charge in [-0.2, -0.15) is 15.3 Å². The van der Waals surface area contributed by atoms with E-state index in [1.165, 1.54) is 66.8 Å². The third-order valence-electron chi connectivity index (χ3n) is 8.38. The maximum absolute atomic E-state index is 5.18. The predicted octanol–water partition coefficient (Wildman–Crippen LogP) is 8.61. The van der Waals surface area contributed by atoms with E-state index in [9.17, 15) is 0 Å². The van der Waals surface area contributed by atoms with Crippen LogP contribution in [-0.4, -0.2) is 29.3 Å². The molecule has 0 N–H and O–H groups in total. The van der Waals surface area contributed by atoms with Crippen LogP contribution in [0.5, 0.6) is 0 Å². The van der Waals surface area contributed by atoms with Gasteiger partial charge in [-0.25, -0.2) is 14.0 Å². The largest absolute Gasteiger partial charge is 0.238 e. The van der Waals surface area contributed by atoms with Crippen molar-refractivity contribution in [2.75, 3.05) is 0 Å². The lowest BCUT2D eigenvalue weighted by atomic mass is 9.97. The van der Waals surface area contributed by atoms with Gasteiger partial charge in [-0.15, -0.1) is 0 Å². The lowest BCUT2D eigenvalue weighted by molar-refractivity contribution is 0.288. The minimum atomic E-state index is -0.454. The number of nitrogens with zero attached hydrogens (tertiary/aromatic N) is 6. The van der Waals surface area contributed by atoms with E-state index in [1.807, 2.05) is 32.6 Å². The highest BCUT2D eigenvalue weighted by Gasteiger charge is 2.25. The highest BCUT2D eigenvalue weighted by atomic mass is 15.6. The summed E-state index contributed by atoms with van der Waals surface area (Å²) < 4.78 is 6.01. The zero-order valence-corrected chi connectivity index (χ0v) is 26.7. The number of rotatable bonds is 6. The second-order valence-corrected chi connectivity index (χ2v) is 12.2. The molecule has 0 bridgehead atoms. The van der Waals surface area contributed by atoms with Gasteiger partial charge in [-0.1, -0.05) is 53.1 Å². The molecule has 0 saturated heterocycles. The zero-order valence-electron chi connectivity index (χ0n) is 26.7. The standard InChI is InChI=1S/C37H40N6/c1-22-16-25(4)34(26(5)17-22)31-11-14-41(39-31)37(42-15-12-32(40-42)35-27(6)18-23(2)19-28(35)7)43-33(10-13-38-43)36-29(8)20-24(3)21-30(36)9/h10-21,37H,1-9H3. The predicted molar refractivity (Wildman–Crippen MR) is 175 cm³/mol. The Labute approximate surface area is 254 Å². The molecule has 0 aliphatic carbocycles. The molecule has 6 nitrogen and oxygen atoms in total. The summed E-state index contributed by atoms with van der Waals surface area (Å²) in [5.74, 6) is 0. The second-order valence-electron chi connectivity index (χ2n) is 12.2. The van der Waals surface area contributed by atoms with Crippen LogP contribution in [0.2, 0.25) is 0 Å². The van der Waals surface area contributed by atoms with E-state index in [1.54, 1.807) is 0 Å². The Kier molecular flexibility index (Phi) is 7.17. The summed E-state index contributed by atoms with van der Waals surface area (Å²) in [6.45, 7) is 19.4. The molecular weight excluding hydrogens is 528 g/mol. The van der Waals surface area contributed by atoms with Gasteiger partial charge < -0.3 is 0 Å². The Morgan fingerprint density at radius 1 is 0.488 bits per heavy atom. The van der Waals surface area contributed by atoms with Crippen molar-refractivity contribution in [3.8, 4) is 33.8 Å². The van der Waals surface area contributed by atoms with Gasteiger partial charge >= 0.3 is 0 Å². The summed E-state index contributed by atoms with van der Waals surface area (Å²) >= 11 is 0. The van der Waals surface area contributed by atoms with Gasteiger partial charge in [0.15, 0.2) is 0 Å². The van der Waals surface area contributed by atoms with Crippen molar-refractivity contribution < 1.29 is 0 Å². The average Bonchev–Trinajstić information content (AvgIpc) is 3.66. The Balaban J connectivity index is 1.54. The number of aromatic nitrogens is 6. The van der Waals surface area contributed by atoms with Crippen LogP contribution in [0.4, 0.5) is 0 Å². The number of benzene rings is 3. The highest BCUT2D eigenvalue weighted by molar-refractivity contribution is 5.70. The monoisotopic (exact) mass is 568 g/mol. The normalized spacial score (nSPS) is 11.6. The van der Waals surface area contributed by atoms with E-state index in [0.717, 1.165) is 17.1 Å². The summed E-state index contributed by atoms with van der Waals surface area (Å²) in [4.78, 5) is 0. The highest BCUT2D eigenvalue weighted by Crippen LogP contribution is 2.33. The zero-order chi connectivity index (χ0) is 30.6. The van der Waals surface area contributed by atoms with Crippen LogP contribution < -0.4 is 0 Å².